The Morgan fingerprint density at radius 1 is 1.32 bits per heavy atom. The van der Waals surface area contributed by atoms with Crippen molar-refractivity contribution in [2.24, 2.45) is 0 Å². The molecule has 0 fully saturated rings. The summed E-state index contributed by atoms with van der Waals surface area (Å²) in [6.45, 7) is 5.58. The third-order valence-electron chi connectivity index (χ3n) is 2.53. The lowest BCUT2D eigenvalue weighted by Crippen LogP contribution is -2.13. The first-order chi connectivity index (χ1) is 8.99. The highest BCUT2D eigenvalue weighted by Crippen LogP contribution is 2.10. The summed E-state index contributed by atoms with van der Waals surface area (Å²) in [6, 6.07) is 7.40. The van der Waals surface area contributed by atoms with Crippen molar-refractivity contribution in [1.82, 2.24) is 0 Å². The van der Waals surface area contributed by atoms with Crippen LogP contribution in [0.15, 0.2) is 29.2 Å². The molecule has 2 unspecified atom stereocenters. The molecule has 19 heavy (non-hydrogen) atoms. The minimum Gasteiger partial charge on any atom is -0.463 e. The fourth-order valence-corrected chi connectivity index (χ4v) is 2.33. The van der Waals surface area contributed by atoms with Crippen LogP contribution in [0.1, 0.15) is 32.3 Å². The van der Waals surface area contributed by atoms with Gasteiger partial charge in [0.05, 0.1) is 17.6 Å². The fraction of sp³-hybridized carbons (Fsp3) is 0.500. The Bertz CT molecular complexity index is 428. The first-order valence-corrected chi connectivity index (χ1v) is 7.35. The van der Waals surface area contributed by atoms with Crippen LogP contribution in [0.3, 0.4) is 0 Å². The van der Waals surface area contributed by atoms with Gasteiger partial charge in [0, 0.05) is 6.92 Å². The van der Waals surface area contributed by atoms with Crippen molar-refractivity contribution in [3.05, 3.63) is 29.8 Å². The van der Waals surface area contributed by atoms with Crippen LogP contribution in [0.25, 0.3) is 0 Å². The largest absolute Gasteiger partial charge is 0.463 e. The van der Waals surface area contributed by atoms with Crippen LogP contribution < -0.4 is 0 Å². The highest BCUT2D eigenvalue weighted by Gasteiger charge is 2.07. The van der Waals surface area contributed by atoms with E-state index in [1.54, 1.807) is 12.1 Å². The molecule has 0 spiro atoms. The third kappa shape index (κ3) is 6.50. The summed E-state index contributed by atoms with van der Waals surface area (Å²) < 4.78 is 22.0. The van der Waals surface area contributed by atoms with Gasteiger partial charge >= 0.3 is 5.97 Å². The number of ether oxygens (including phenoxy) is 1. The molecule has 2 atom stereocenters. The average Bonchev–Trinajstić information content (AvgIpc) is 2.34. The van der Waals surface area contributed by atoms with E-state index >= 15 is 0 Å². The van der Waals surface area contributed by atoms with Gasteiger partial charge in [-0.05, 0) is 38.8 Å². The average molecular weight is 284 g/mol. The maximum Gasteiger partial charge on any atom is 0.302 e. The number of esters is 1. The Morgan fingerprint density at radius 2 is 1.95 bits per heavy atom. The second kappa shape index (κ2) is 8.07. The highest BCUT2D eigenvalue weighted by molar-refractivity contribution is 7.80. The van der Waals surface area contributed by atoms with Crippen LogP contribution in [0.5, 0.6) is 0 Å². The van der Waals surface area contributed by atoms with Gasteiger partial charge in [-0.3, -0.25) is 8.98 Å². The Labute approximate surface area is 116 Å². The number of benzene rings is 1. The number of rotatable bonds is 7. The summed E-state index contributed by atoms with van der Waals surface area (Å²) >= 11 is -1.42. The van der Waals surface area contributed by atoms with E-state index in [1.165, 1.54) is 6.92 Å². The second-order valence-electron chi connectivity index (χ2n) is 4.43. The van der Waals surface area contributed by atoms with Crippen molar-refractivity contribution >= 4 is 17.0 Å². The van der Waals surface area contributed by atoms with Crippen molar-refractivity contribution in [1.29, 1.82) is 0 Å². The SMILES string of the molecule is CC(=O)OC(C)CCCOS(=O)c1ccc(C)cc1. The Balaban J connectivity index is 2.24. The summed E-state index contributed by atoms with van der Waals surface area (Å²) in [5.41, 5.74) is 1.12. The predicted molar refractivity (Wildman–Crippen MR) is 74.0 cm³/mol. The summed E-state index contributed by atoms with van der Waals surface area (Å²) in [6.07, 6.45) is 1.27. The first kappa shape index (κ1) is 15.9. The number of hydrogen-bond acceptors (Lipinski definition) is 4. The van der Waals surface area contributed by atoms with E-state index in [0.29, 0.717) is 24.3 Å². The van der Waals surface area contributed by atoms with E-state index in [1.807, 2.05) is 26.0 Å². The molecular weight excluding hydrogens is 264 g/mol. The predicted octanol–water partition coefficient (Wildman–Crippen LogP) is 2.77. The van der Waals surface area contributed by atoms with Crippen molar-refractivity contribution in [3.8, 4) is 0 Å². The fourth-order valence-electron chi connectivity index (χ4n) is 1.57. The van der Waals surface area contributed by atoms with E-state index in [9.17, 15) is 9.00 Å². The monoisotopic (exact) mass is 284 g/mol. The molecule has 5 heteroatoms. The third-order valence-corrected chi connectivity index (χ3v) is 3.56. The van der Waals surface area contributed by atoms with Gasteiger partial charge in [-0.2, -0.15) is 0 Å². The topological polar surface area (TPSA) is 52.6 Å². The molecule has 0 aromatic heterocycles. The molecule has 0 radical (unpaired) electrons. The molecule has 0 N–H and O–H groups in total. The van der Waals surface area contributed by atoms with Gasteiger partial charge in [0.15, 0.2) is 11.1 Å². The van der Waals surface area contributed by atoms with Gasteiger partial charge in [0.1, 0.15) is 0 Å². The number of carbonyl (C=O) groups is 1. The van der Waals surface area contributed by atoms with Gasteiger partial charge in [-0.25, -0.2) is 4.21 Å². The van der Waals surface area contributed by atoms with Crippen molar-refractivity contribution in [2.45, 2.75) is 44.6 Å². The standard InChI is InChI=1S/C14H20O4S/c1-11-6-8-14(9-7-11)19(16)17-10-4-5-12(2)18-13(3)15/h6-9,12H,4-5,10H2,1-3H3. The lowest BCUT2D eigenvalue weighted by atomic mass is 10.2. The molecule has 0 aliphatic heterocycles. The molecular formula is C14H20O4S. The van der Waals surface area contributed by atoms with Gasteiger partial charge in [-0.15, -0.1) is 0 Å². The van der Waals surface area contributed by atoms with Crippen LogP contribution in [0.2, 0.25) is 0 Å². The molecule has 0 heterocycles. The Morgan fingerprint density at radius 3 is 2.53 bits per heavy atom. The zero-order chi connectivity index (χ0) is 14.3. The molecule has 1 aromatic carbocycles. The van der Waals surface area contributed by atoms with Gasteiger partial charge in [-0.1, -0.05) is 17.7 Å². The van der Waals surface area contributed by atoms with Gasteiger partial charge in [0.25, 0.3) is 0 Å². The summed E-state index contributed by atoms with van der Waals surface area (Å²) in [5.74, 6) is -0.281. The normalized spacial score (nSPS) is 13.8. The number of aryl methyl sites for hydroxylation is 1. The summed E-state index contributed by atoms with van der Waals surface area (Å²) in [4.78, 5) is 11.4. The Kier molecular flexibility index (Phi) is 6.73. The zero-order valence-corrected chi connectivity index (χ0v) is 12.4. The summed E-state index contributed by atoms with van der Waals surface area (Å²) in [5, 5.41) is 0. The lowest BCUT2D eigenvalue weighted by molar-refractivity contribution is -0.145. The maximum atomic E-state index is 11.8. The molecule has 4 nitrogen and oxygen atoms in total. The zero-order valence-electron chi connectivity index (χ0n) is 11.5. The molecule has 1 aromatic rings. The van der Waals surface area contributed by atoms with Crippen LogP contribution in [0.4, 0.5) is 0 Å². The molecule has 0 bridgehead atoms. The second-order valence-corrected chi connectivity index (χ2v) is 5.61. The van der Waals surface area contributed by atoms with Gasteiger partial charge < -0.3 is 4.74 Å². The molecule has 0 amide bonds. The minimum absolute atomic E-state index is 0.131. The van der Waals surface area contributed by atoms with E-state index in [0.717, 1.165) is 5.56 Å². The molecule has 0 saturated heterocycles. The number of hydrogen-bond donors (Lipinski definition) is 0. The molecule has 0 aliphatic rings. The van der Waals surface area contributed by atoms with Crippen molar-refractivity contribution < 1.29 is 17.9 Å². The van der Waals surface area contributed by atoms with Gasteiger partial charge in [0.2, 0.25) is 0 Å². The minimum atomic E-state index is -1.42. The molecule has 0 aliphatic carbocycles. The van der Waals surface area contributed by atoms with E-state index < -0.39 is 11.1 Å². The highest BCUT2D eigenvalue weighted by atomic mass is 32.2. The number of carbonyl (C=O) groups excluding carboxylic acids is 1. The maximum absolute atomic E-state index is 11.8. The quantitative estimate of drug-likeness (QED) is 0.570. The van der Waals surface area contributed by atoms with Crippen LogP contribution in [-0.2, 0) is 24.8 Å². The van der Waals surface area contributed by atoms with E-state index in [-0.39, 0.29) is 12.1 Å². The Hall–Kier alpha value is -1.20. The molecule has 106 valence electrons. The van der Waals surface area contributed by atoms with Crippen LogP contribution in [-0.4, -0.2) is 22.9 Å². The van der Waals surface area contributed by atoms with E-state index in [2.05, 4.69) is 0 Å². The van der Waals surface area contributed by atoms with Crippen LogP contribution >= 0.6 is 0 Å². The van der Waals surface area contributed by atoms with E-state index in [4.69, 9.17) is 8.92 Å². The molecule has 1 rings (SSSR count). The van der Waals surface area contributed by atoms with Crippen molar-refractivity contribution in [2.75, 3.05) is 6.61 Å². The molecule has 0 saturated carbocycles. The van der Waals surface area contributed by atoms with Crippen LogP contribution in [0, 0.1) is 6.92 Å². The van der Waals surface area contributed by atoms with Crippen molar-refractivity contribution in [3.63, 3.8) is 0 Å². The first-order valence-electron chi connectivity index (χ1n) is 6.28. The lowest BCUT2D eigenvalue weighted by Gasteiger charge is -2.11. The smallest absolute Gasteiger partial charge is 0.302 e. The summed E-state index contributed by atoms with van der Waals surface area (Å²) in [7, 11) is 0.